The Labute approximate surface area is 192 Å². The van der Waals surface area contributed by atoms with Gasteiger partial charge in [0.05, 0.1) is 17.6 Å². The van der Waals surface area contributed by atoms with E-state index >= 15 is 0 Å². The molecule has 1 aromatic heterocycles. The van der Waals surface area contributed by atoms with Gasteiger partial charge >= 0.3 is 0 Å². The Morgan fingerprint density at radius 3 is 2.47 bits per heavy atom. The summed E-state index contributed by atoms with van der Waals surface area (Å²) in [6, 6.07) is 12.4. The zero-order chi connectivity index (χ0) is 22.5. The Bertz CT molecular complexity index is 1110. The highest BCUT2D eigenvalue weighted by atomic mass is 32.1. The molecule has 32 heavy (non-hydrogen) atoms. The molecule has 2 aromatic carbocycles. The van der Waals surface area contributed by atoms with E-state index in [1.807, 2.05) is 24.3 Å². The lowest BCUT2D eigenvalue weighted by Crippen LogP contribution is -2.28. The summed E-state index contributed by atoms with van der Waals surface area (Å²) in [6.45, 7) is 8.05. The molecule has 2 N–H and O–H groups in total. The summed E-state index contributed by atoms with van der Waals surface area (Å²) in [7, 11) is 0. The second-order valence-corrected chi connectivity index (χ2v) is 8.78. The fourth-order valence-electron chi connectivity index (χ4n) is 3.74. The Hall–Kier alpha value is -2.80. The number of thiophene rings is 1. The lowest BCUT2D eigenvalue weighted by atomic mass is 10.1. The molecule has 0 radical (unpaired) electrons. The quantitative estimate of drug-likeness (QED) is 0.422. The summed E-state index contributed by atoms with van der Waals surface area (Å²) in [5, 5.41) is 20.5. The van der Waals surface area contributed by atoms with Gasteiger partial charge in [0, 0.05) is 16.6 Å². The standard InChI is InChI=1S/C26H29NO4S/c1-3-27(4-2)15-16-30-21-10-12-22(13-11-21)31-25-23-14-9-20(29)17-24(23)32-26(25)18-5-7-19(28)8-6-18/h5-10,12-14,17,21,28-29H,3-4,11,15-16H2,1-2H3. The number of phenolic OH excluding ortho intramolecular Hbond substituents is 2. The molecule has 0 bridgehead atoms. The molecule has 168 valence electrons. The van der Waals surface area contributed by atoms with Crippen LogP contribution in [-0.2, 0) is 4.74 Å². The van der Waals surface area contributed by atoms with E-state index in [0.29, 0.717) is 6.61 Å². The highest BCUT2D eigenvalue weighted by Gasteiger charge is 2.19. The molecule has 3 aromatic rings. The summed E-state index contributed by atoms with van der Waals surface area (Å²) in [6.07, 6.45) is 6.91. The summed E-state index contributed by atoms with van der Waals surface area (Å²) in [5.74, 6) is 1.98. The number of benzene rings is 2. The molecular formula is C26H29NO4S. The molecule has 4 rings (SSSR count). The molecule has 5 nitrogen and oxygen atoms in total. The minimum absolute atomic E-state index is 0.0608. The number of hydrogen-bond donors (Lipinski definition) is 2. The number of likely N-dealkylation sites (N-methyl/N-ethyl adjacent to an activating group) is 1. The van der Waals surface area contributed by atoms with Crippen LogP contribution in [0.1, 0.15) is 20.3 Å². The van der Waals surface area contributed by atoms with E-state index in [1.165, 1.54) is 0 Å². The third kappa shape index (κ3) is 5.15. The number of fused-ring (bicyclic) bond motifs is 1. The summed E-state index contributed by atoms with van der Waals surface area (Å²) in [4.78, 5) is 3.30. The molecule has 6 heteroatoms. The van der Waals surface area contributed by atoms with Crippen molar-refractivity contribution >= 4 is 21.4 Å². The van der Waals surface area contributed by atoms with E-state index in [9.17, 15) is 10.2 Å². The molecule has 1 unspecified atom stereocenters. The Kier molecular flexibility index (Phi) is 7.15. The lowest BCUT2D eigenvalue weighted by Gasteiger charge is -2.21. The zero-order valence-corrected chi connectivity index (χ0v) is 19.3. The maximum absolute atomic E-state index is 9.92. The predicted octanol–water partition coefficient (Wildman–Crippen LogP) is 5.93. The number of ether oxygens (including phenoxy) is 2. The minimum atomic E-state index is 0.0608. The van der Waals surface area contributed by atoms with Gasteiger partial charge in [0.1, 0.15) is 17.3 Å². The first-order valence-corrected chi connectivity index (χ1v) is 11.8. The molecular weight excluding hydrogens is 422 g/mol. The first kappa shape index (κ1) is 22.4. The van der Waals surface area contributed by atoms with Crippen LogP contribution in [0.25, 0.3) is 20.5 Å². The van der Waals surface area contributed by atoms with Gasteiger partial charge in [0.15, 0.2) is 5.75 Å². The molecule has 0 aliphatic heterocycles. The lowest BCUT2D eigenvalue weighted by molar-refractivity contribution is 0.0668. The van der Waals surface area contributed by atoms with Crippen LogP contribution in [0.3, 0.4) is 0 Å². The van der Waals surface area contributed by atoms with E-state index < -0.39 is 0 Å². The predicted molar refractivity (Wildman–Crippen MR) is 131 cm³/mol. The highest BCUT2D eigenvalue weighted by molar-refractivity contribution is 7.22. The van der Waals surface area contributed by atoms with Crippen LogP contribution in [0.4, 0.5) is 0 Å². The number of phenols is 2. The highest BCUT2D eigenvalue weighted by Crippen LogP contribution is 2.46. The van der Waals surface area contributed by atoms with Crippen LogP contribution in [-0.4, -0.2) is 47.5 Å². The number of nitrogens with zero attached hydrogens (tertiary/aromatic N) is 1. The molecule has 1 aliphatic carbocycles. The SMILES string of the molecule is CCN(CC)CCOC1C=CC(Oc2c(-c3ccc(O)cc3)sc3cc(O)ccc23)=CC1. The fourth-order valence-corrected chi connectivity index (χ4v) is 4.91. The van der Waals surface area contributed by atoms with Gasteiger partial charge in [-0.15, -0.1) is 11.3 Å². The van der Waals surface area contributed by atoms with Crippen molar-refractivity contribution in [2.24, 2.45) is 0 Å². The van der Waals surface area contributed by atoms with Crippen LogP contribution in [0.2, 0.25) is 0 Å². The van der Waals surface area contributed by atoms with Gasteiger partial charge < -0.3 is 24.6 Å². The van der Waals surface area contributed by atoms with E-state index in [-0.39, 0.29) is 17.6 Å². The molecule has 0 fully saturated rings. The maximum Gasteiger partial charge on any atom is 0.153 e. The first-order chi connectivity index (χ1) is 15.6. The molecule has 0 amide bonds. The molecule has 0 saturated carbocycles. The van der Waals surface area contributed by atoms with Gasteiger partial charge in [-0.2, -0.15) is 0 Å². The largest absolute Gasteiger partial charge is 0.508 e. The molecule has 0 spiro atoms. The Morgan fingerprint density at radius 2 is 1.78 bits per heavy atom. The van der Waals surface area contributed by atoms with Crippen molar-refractivity contribution in [3.8, 4) is 27.7 Å². The second-order valence-electron chi connectivity index (χ2n) is 7.73. The van der Waals surface area contributed by atoms with Crippen molar-refractivity contribution in [3.05, 3.63) is 66.5 Å². The van der Waals surface area contributed by atoms with Crippen molar-refractivity contribution in [1.29, 1.82) is 0 Å². The summed E-state index contributed by atoms with van der Waals surface area (Å²) in [5.41, 5.74) is 0.955. The number of aromatic hydroxyl groups is 2. The van der Waals surface area contributed by atoms with Crippen molar-refractivity contribution in [2.45, 2.75) is 26.4 Å². The van der Waals surface area contributed by atoms with Crippen LogP contribution in [0, 0.1) is 0 Å². The van der Waals surface area contributed by atoms with Crippen LogP contribution in [0.5, 0.6) is 17.2 Å². The van der Waals surface area contributed by atoms with Crippen LogP contribution >= 0.6 is 11.3 Å². The van der Waals surface area contributed by atoms with Gasteiger partial charge in [-0.1, -0.05) is 19.9 Å². The van der Waals surface area contributed by atoms with Crippen molar-refractivity contribution in [1.82, 2.24) is 4.90 Å². The third-order valence-electron chi connectivity index (χ3n) is 5.64. The van der Waals surface area contributed by atoms with Gasteiger partial charge in [0.2, 0.25) is 0 Å². The Morgan fingerprint density at radius 1 is 1.03 bits per heavy atom. The molecule has 1 atom stereocenters. The molecule has 0 saturated heterocycles. The number of allylic oxidation sites excluding steroid dienone is 1. The van der Waals surface area contributed by atoms with Crippen LogP contribution < -0.4 is 4.74 Å². The third-order valence-corrected chi connectivity index (χ3v) is 6.82. The van der Waals surface area contributed by atoms with E-state index in [4.69, 9.17) is 9.47 Å². The number of hydrogen-bond acceptors (Lipinski definition) is 6. The van der Waals surface area contributed by atoms with Crippen molar-refractivity contribution in [2.75, 3.05) is 26.2 Å². The maximum atomic E-state index is 9.92. The topological polar surface area (TPSA) is 62.2 Å². The monoisotopic (exact) mass is 451 g/mol. The van der Waals surface area contributed by atoms with Crippen LogP contribution in [0.15, 0.2) is 66.5 Å². The van der Waals surface area contributed by atoms with E-state index in [1.54, 1.807) is 35.6 Å². The van der Waals surface area contributed by atoms with Gasteiger partial charge in [0.25, 0.3) is 0 Å². The van der Waals surface area contributed by atoms with Gasteiger partial charge in [-0.25, -0.2) is 0 Å². The number of rotatable bonds is 9. The molecule has 1 heterocycles. The average molecular weight is 452 g/mol. The molecule has 1 aliphatic rings. The van der Waals surface area contributed by atoms with Crippen molar-refractivity contribution < 1.29 is 19.7 Å². The average Bonchev–Trinajstić information content (AvgIpc) is 3.15. The van der Waals surface area contributed by atoms with Gasteiger partial charge in [-0.3, -0.25) is 0 Å². The minimum Gasteiger partial charge on any atom is -0.508 e. The normalized spacial score (nSPS) is 16.0. The van der Waals surface area contributed by atoms with Gasteiger partial charge in [-0.05, 0) is 79.7 Å². The van der Waals surface area contributed by atoms with E-state index in [2.05, 4.69) is 30.9 Å². The van der Waals surface area contributed by atoms with Crippen molar-refractivity contribution in [3.63, 3.8) is 0 Å². The summed E-state index contributed by atoms with van der Waals surface area (Å²) < 4.78 is 13.3. The fraction of sp³-hybridized carbons (Fsp3) is 0.308. The smallest absolute Gasteiger partial charge is 0.153 e. The van der Waals surface area contributed by atoms with E-state index in [0.717, 1.165) is 58.1 Å². The zero-order valence-electron chi connectivity index (χ0n) is 18.5. The Balaban J connectivity index is 1.51. The summed E-state index contributed by atoms with van der Waals surface area (Å²) >= 11 is 1.56. The first-order valence-electron chi connectivity index (χ1n) is 11.0. The second kappa shape index (κ2) is 10.2.